The summed E-state index contributed by atoms with van der Waals surface area (Å²) in [5.74, 6) is 0.869. The molecule has 3 heterocycles. The van der Waals surface area contributed by atoms with Crippen LogP contribution in [-0.2, 0) is 7.05 Å². The highest BCUT2D eigenvalue weighted by Gasteiger charge is 2.17. The molecular weight excluding hydrogens is 258 g/mol. The highest BCUT2D eigenvalue weighted by atomic mass is 15.1. The first kappa shape index (κ1) is 12.7. The Morgan fingerprint density at radius 2 is 1.86 bits per heavy atom. The van der Waals surface area contributed by atoms with Gasteiger partial charge in [-0.1, -0.05) is 13.0 Å². The number of nitrogens with zero attached hydrogens (tertiary/aromatic N) is 3. The number of pyridine rings is 1. The fourth-order valence-electron chi connectivity index (χ4n) is 3.51. The second kappa shape index (κ2) is 4.76. The molecule has 1 saturated heterocycles. The van der Waals surface area contributed by atoms with Gasteiger partial charge in [0.2, 0.25) is 0 Å². The number of hydrogen-bond acceptors (Lipinski definition) is 2. The number of fused-ring (bicyclic) bond motifs is 3. The second-order valence-electron chi connectivity index (χ2n) is 6.32. The van der Waals surface area contributed by atoms with Gasteiger partial charge < -0.3 is 9.47 Å². The summed E-state index contributed by atoms with van der Waals surface area (Å²) in [4.78, 5) is 6.80. The van der Waals surface area contributed by atoms with E-state index in [0.717, 1.165) is 5.92 Å². The van der Waals surface area contributed by atoms with Gasteiger partial charge in [-0.25, -0.2) is 0 Å². The van der Waals surface area contributed by atoms with E-state index >= 15 is 0 Å². The fourth-order valence-corrected chi connectivity index (χ4v) is 3.51. The zero-order valence-corrected chi connectivity index (χ0v) is 12.7. The average molecular weight is 279 g/mol. The van der Waals surface area contributed by atoms with Crippen molar-refractivity contribution in [3.63, 3.8) is 0 Å². The Morgan fingerprint density at radius 1 is 1.05 bits per heavy atom. The Bertz CT molecular complexity index is 795. The first-order chi connectivity index (χ1) is 10.2. The van der Waals surface area contributed by atoms with Gasteiger partial charge in [0.1, 0.15) is 0 Å². The highest BCUT2D eigenvalue weighted by Crippen LogP contribution is 2.31. The molecule has 0 saturated carbocycles. The topological polar surface area (TPSA) is 21.1 Å². The third-order valence-corrected chi connectivity index (χ3v) is 4.94. The van der Waals surface area contributed by atoms with Gasteiger partial charge in [0.25, 0.3) is 0 Å². The molecule has 21 heavy (non-hydrogen) atoms. The van der Waals surface area contributed by atoms with Gasteiger partial charge in [0.05, 0.1) is 11.0 Å². The van der Waals surface area contributed by atoms with Crippen LogP contribution in [0.3, 0.4) is 0 Å². The maximum Gasteiger partial charge on any atom is 0.0519 e. The zero-order valence-electron chi connectivity index (χ0n) is 12.7. The number of benzene rings is 1. The van der Waals surface area contributed by atoms with Crippen LogP contribution in [0.2, 0.25) is 0 Å². The maximum absolute atomic E-state index is 4.27. The lowest BCUT2D eigenvalue weighted by atomic mass is 9.98. The molecule has 0 spiro atoms. The standard InChI is InChI=1S/C18H21N3/c1-13-6-9-21(10-7-13)14-3-4-15-16-12-19-8-5-17(16)20(2)18(15)11-14/h3-5,8,11-13H,6-7,9-10H2,1-2H3. The van der Waals surface area contributed by atoms with Crippen LogP contribution < -0.4 is 4.90 Å². The summed E-state index contributed by atoms with van der Waals surface area (Å²) >= 11 is 0. The van der Waals surface area contributed by atoms with Gasteiger partial charge >= 0.3 is 0 Å². The Hall–Kier alpha value is -2.03. The van der Waals surface area contributed by atoms with Crippen molar-refractivity contribution >= 4 is 27.5 Å². The smallest absolute Gasteiger partial charge is 0.0519 e. The highest BCUT2D eigenvalue weighted by molar-refractivity contribution is 6.08. The van der Waals surface area contributed by atoms with Crippen molar-refractivity contribution in [3.05, 3.63) is 36.7 Å². The quantitative estimate of drug-likeness (QED) is 0.672. The van der Waals surface area contributed by atoms with E-state index in [1.807, 2.05) is 12.4 Å². The second-order valence-corrected chi connectivity index (χ2v) is 6.32. The molecule has 0 aliphatic carbocycles. The van der Waals surface area contributed by atoms with Crippen LogP contribution in [0.4, 0.5) is 5.69 Å². The minimum absolute atomic E-state index is 0.869. The Kier molecular flexibility index (Phi) is 2.88. The first-order valence-electron chi connectivity index (χ1n) is 7.81. The molecule has 108 valence electrons. The van der Waals surface area contributed by atoms with Crippen LogP contribution >= 0.6 is 0 Å². The fraction of sp³-hybridized carbons (Fsp3) is 0.389. The third-order valence-electron chi connectivity index (χ3n) is 4.94. The average Bonchev–Trinajstić information content (AvgIpc) is 2.81. The van der Waals surface area contributed by atoms with Gasteiger partial charge in [-0.15, -0.1) is 0 Å². The molecule has 3 aromatic rings. The molecule has 2 aromatic heterocycles. The van der Waals surface area contributed by atoms with Crippen LogP contribution in [0.1, 0.15) is 19.8 Å². The molecule has 0 bridgehead atoms. The molecule has 1 fully saturated rings. The predicted molar refractivity (Wildman–Crippen MR) is 88.8 cm³/mol. The van der Waals surface area contributed by atoms with Gasteiger partial charge in [-0.05, 0) is 37.0 Å². The number of anilines is 1. The van der Waals surface area contributed by atoms with E-state index < -0.39 is 0 Å². The van der Waals surface area contributed by atoms with Crippen molar-refractivity contribution in [3.8, 4) is 0 Å². The van der Waals surface area contributed by atoms with E-state index in [2.05, 4.69) is 52.7 Å². The summed E-state index contributed by atoms with van der Waals surface area (Å²) in [5, 5.41) is 2.54. The monoisotopic (exact) mass is 279 g/mol. The molecular formula is C18H21N3. The Morgan fingerprint density at radius 3 is 2.67 bits per heavy atom. The van der Waals surface area contributed by atoms with Crippen LogP contribution in [0, 0.1) is 5.92 Å². The van der Waals surface area contributed by atoms with Crippen molar-refractivity contribution in [1.82, 2.24) is 9.55 Å². The van der Waals surface area contributed by atoms with E-state index in [0.29, 0.717) is 0 Å². The van der Waals surface area contributed by atoms with E-state index in [1.165, 1.54) is 53.4 Å². The molecule has 0 unspecified atom stereocenters. The van der Waals surface area contributed by atoms with Gasteiger partial charge in [-0.3, -0.25) is 4.98 Å². The SMILES string of the molecule is CC1CCN(c2ccc3c4cnccc4n(C)c3c2)CC1. The maximum atomic E-state index is 4.27. The van der Waals surface area contributed by atoms with Crippen molar-refractivity contribution in [1.29, 1.82) is 0 Å². The minimum Gasteiger partial charge on any atom is -0.371 e. The number of hydrogen-bond donors (Lipinski definition) is 0. The van der Waals surface area contributed by atoms with Crippen molar-refractivity contribution in [2.45, 2.75) is 19.8 Å². The zero-order chi connectivity index (χ0) is 14.4. The molecule has 0 N–H and O–H groups in total. The number of piperidine rings is 1. The lowest BCUT2D eigenvalue weighted by molar-refractivity contribution is 0.438. The first-order valence-corrected chi connectivity index (χ1v) is 7.81. The minimum atomic E-state index is 0.869. The van der Waals surface area contributed by atoms with Crippen molar-refractivity contribution in [2.24, 2.45) is 13.0 Å². The predicted octanol–water partition coefficient (Wildman–Crippen LogP) is 3.96. The van der Waals surface area contributed by atoms with Crippen LogP contribution in [0.15, 0.2) is 36.7 Å². The lowest BCUT2D eigenvalue weighted by Crippen LogP contribution is -2.32. The summed E-state index contributed by atoms with van der Waals surface area (Å²) in [6.45, 7) is 4.72. The molecule has 1 aromatic carbocycles. The van der Waals surface area contributed by atoms with Gasteiger partial charge in [0, 0.05) is 49.0 Å². The summed E-state index contributed by atoms with van der Waals surface area (Å²) in [6.07, 6.45) is 6.45. The van der Waals surface area contributed by atoms with E-state index in [-0.39, 0.29) is 0 Å². The van der Waals surface area contributed by atoms with Gasteiger partial charge in [0.15, 0.2) is 0 Å². The largest absolute Gasteiger partial charge is 0.371 e. The van der Waals surface area contributed by atoms with E-state index in [9.17, 15) is 0 Å². The molecule has 0 atom stereocenters. The molecule has 4 rings (SSSR count). The van der Waals surface area contributed by atoms with E-state index in [1.54, 1.807) is 0 Å². The summed E-state index contributed by atoms with van der Waals surface area (Å²) in [5.41, 5.74) is 3.91. The number of rotatable bonds is 1. The van der Waals surface area contributed by atoms with Crippen LogP contribution in [0.25, 0.3) is 21.8 Å². The Balaban J connectivity index is 1.83. The summed E-state index contributed by atoms with van der Waals surface area (Å²) in [6, 6.07) is 8.96. The molecule has 3 nitrogen and oxygen atoms in total. The number of aryl methyl sites for hydroxylation is 1. The molecule has 3 heteroatoms. The molecule has 1 aliphatic rings. The summed E-state index contributed by atoms with van der Waals surface area (Å²) < 4.78 is 2.28. The van der Waals surface area contributed by atoms with Gasteiger partial charge in [-0.2, -0.15) is 0 Å². The van der Waals surface area contributed by atoms with Crippen LogP contribution in [0.5, 0.6) is 0 Å². The van der Waals surface area contributed by atoms with Crippen molar-refractivity contribution in [2.75, 3.05) is 18.0 Å². The number of aromatic nitrogens is 2. The summed E-state index contributed by atoms with van der Waals surface area (Å²) in [7, 11) is 2.15. The van der Waals surface area contributed by atoms with Crippen LogP contribution in [-0.4, -0.2) is 22.6 Å². The lowest BCUT2D eigenvalue weighted by Gasteiger charge is -2.32. The van der Waals surface area contributed by atoms with E-state index in [4.69, 9.17) is 0 Å². The van der Waals surface area contributed by atoms with Crippen molar-refractivity contribution < 1.29 is 0 Å². The normalized spacial score (nSPS) is 17.0. The third kappa shape index (κ3) is 1.99. The Labute approximate surface area is 125 Å². The molecule has 0 amide bonds. The molecule has 1 aliphatic heterocycles. The molecule has 0 radical (unpaired) electrons.